The third-order valence-corrected chi connectivity index (χ3v) is 6.15. The van der Waals surface area contributed by atoms with Crippen LogP contribution in [-0.2, 0) is 0 Å². The minimum atomic E-state index is 0.350. The van der Waals surface area contributed by atoms with Crippen molar-refractivity contribution in [3.63, 3.8) is 0 Å². The van der Waals surface area contributed by atoms with E-state index >= 15 is 0 Å². The van der Waals surface area contributed by atoms with Crippen LogP contribution in [0.3, 0.4) is 0 Å². The molecule has 0 unspecified atom stereocenters. The molecule has 0 aliphatic heterocycles. The number of aryl methyl sites for hydroxylation is 4. The minimum Gasteiger partial charge on any atom is -0.271 e. The van der Waals surface area contributed by atoms with Crippen LogP contribution in [0.1, 0.15) is 73.2 Å². The van der Waals surface area contributed by atoms with E-state index < -0.39 is 0 Å². The number of rotatable bonds is 5. The summed E-state index contributed by atoms with van der Waals surface area (Å²) in [7, 11) is 0. The molecule has 4 aromatic rings. The van der Waals surface area contributed by atoms with Crippen LogP contribution in [0.15, 0.2) is 42.7 Å². The van der Waals surface area contributed by atoms with Crippen LogP contribution >= 0.6 is 0 Å². The van der Waals surface area contributed by atoms with Crippen LogP contribution in [0.2, 0.25) is 0 Å². The molecule has 4 rings (SSSR count). The highest BCUT2D eigenvalue weighted by atomic mass is 15.3. The molecule has 0 saturated heterocycles. The maximum absolute atomic E-state index is 4.82. The summed E-state index contributed by atoms with van der Waals surface area (Å²) < 4.78 is 2.17. The van der Waals surface area contributed by atoms with Gasteiger partial charge in [-0.05, 0) is 62.8 Å². The van der Waals surface area contributed by atoms with Gasteiger partial charge in [-0.15, -0.1) is 10.2 Å². The molecule has 2 heterocycles. The van der Waals surface area contributed by atoms with E-state index in [4.69, 9.17) is 10.2 Å². The maximum Gasteiger partial charge on any atom is 0.169 e. The van der Waals surface area contributed by atoms with Gasteiger partial charge >= 0.3 is 0 Å². The molecule has 0 amide bonds. The second-order valence-corrected chi connectivity index (χ2v) is 9.57. The molecular formula is C28H33N5. The molecule has 0 saturated carbocycles. The fraction of sp³-hybridized carbons (Fsp3) is 0.357. The van der Waals surface area contributed by atoms with Crippen LogP contribution in [-0.4, -0.2) is 24.7 Å². The lowest BCUT2D eigenvalue weighted by Crippen LogP contribution is -2.10. The molecule has 0 spiro atoms. The van der Waals surface area contributed by atoms with Gasteiger partial charge in [0.2, 0.25) is 0 Å². The summed E-state index contributed by atoms with van der Waals surface area (Å²) in [5.41, 5.74) is 9.90. The third kappa shape index (κ3) is 4.20. The Balaban J connectivity index is 2.15. The Bertz CT molecular complexity index is 1250. The Kier molecular flexibility index (Phi) is 6.15. The first-order valence-corrected chi connectivity index (χ1v) is 11.6. The number of benzene rings is 2. The molecule has 2 aromatic carbocycles. The van der Waals surface area contributed by atoms with E-state index in [0.29, 0.717) is 11.8 Å². The van der Waals surface area contributed by atoms with Crippen molar-refractivity contribution in [1.29, 1.82) is 0 Å². The topological polar surface area (TPSA) is 56.5 Å². The van der Waals surface area contributed by atoms with Gasteiger partial charge < -0.3 is 0 Å². The first-order valence-electron chi connectivity index (χ1n) is 11.6. The van der Waals surface area contributed by atoms with Gasteiger partial charge in [-0.3, -0.25) is 4.57 Å². The second-order valence-electron chi connectivity index (χ2n) is 9.57. The number of hydrogen-bond donors (Lipinski definition) is 0. The Morgan fingerprint density at radius 2 is 1.21 bits per heavy atom. The zero-order valence-electron chi connectivity index (χ0n) is 20.9. The van der Waals surface area contributed by atoms with Crippen molar-refractivity contribution in [2.24, 2.45) is 0 Å². The van der Waals surface area contributed by atoms with Crippen molar-refractivity contribution in [3.8, 4) is 28.5 Å². The average Bonchev–Trinajstić information content (AvgIpc) is 3.16. The summed E-state index contributed by atoms with van der Waals surface area (Å²) in [6.07, 6.45) is 1.62. The Labute approximate surface area is 197 Å². The summed E-state index contributed by atoms with van der Waals surface area (Å²) in [6, 6.07) is 13.1. The molecule has 0 bridgehead atoms. The lowest BCUT2D eigenvalue weighted by Gasteiger charge is -2.21. The van der Waals surface area contributed by atoms with Gasteiger partial charge in [-0.2, -0.15) is 0 Å². The van der Waals surface area contributed by atoms with Crippen LogP contribution in [0.5, 0.6) is 0 Å². The molecule has 0 atom stereocenters. The minimum absolute atomic E-state index is 0.350. The van der Waals surface area contributed by atoms with E-state index in [0.717, 1.165) is 39.9 Å². The summed E-state index contributed by atoms with van der Waals surface area (Å²) in [4.78, 5) is 9.06. The van der Waals surface area contributed by atoms with Crippen LogP contribution in [0.25, 0.3) is 28.5 Å². The summed E-state index contributed by atoms with van der Waals surface area (Å²) >= 11 is 0. The molecule has 0 aliphatic carbocycles. The normalized spacial score (nSPS) is 11.6. The molecule has 0 fully saturated rings. The van der Waals surface area contributed by atoms with Gasteiger partial charge in [-0.1, -0.05) is 63.1 Å². The molecule has 5 heteroatoms. The Hall–Kier alpha value is -3.34. The highest BCUT2D eigenvalue weighted by Crippen LogP contribution is 2.39. The summed E-state index contributed by atoms with van der Waals surface area (Å²) in [5.74, 6) is 2.36. The first kappa shape index (κ1) is 22.8. The van der Waals surface area contributed by atoms with Gasteiger partial charge in [0.1, 0.15) is 6.33 Å². The largest absolute Gasteiger partial charge is 0.271 e. The van der Waals surface area contributed by atoms with Gasteiger partial charge in [0.25, 0.3) is 0 Å². The van der Waals surface area contributed by atoms with Crippen LogP contribution in [0.4, 0.5) is 0 Å². The molecule has 0 aliphatic rings. The third-order valence-electron chi connectivity index (χ3n) is 6.15. The quantitative estimate of drug-likeness (QED) is 0.340. The zero-order valence-corrected chi connectivity index (χ0v) is 20.9. The van der Waals surface area contributed by atoms with E-state index in [1.807, 2.05) is 13.8 Å². The molecule has 0 N–H and O–H groups in total. The highest BCUT2D eigenvalue weighted by molar-refractivity contribution is 5.73. The molecule has 170 valence electrons. The summed E-state index contributed by atoms with van der Waals surface area (Å²) in [5, 5.41) is 9.59. The van der Waals surface area contributed by atoms with E-state index in [2.05, 4.69) is 92.5 Å². The molecule has 2 aromatic heterocycles. The highest BCUT2D eigenvalue weighted by Gasteiger charge is 2.26. The molecule has 0 radical (unpaired) electrons. The second kappa shape index (κ2) is 8.89. The lowest BCUT2D eigenvalue weighted by molar-refractivity contribution is 0.830. The van der Waals surface area contributed by atoms with Crippen molar-refractivity contribution in [3.05, 3.63) is 76.4 Å². The van der Waals surface area contributed by atoms with E-state index in [9.17, 15) is 0 Å². The van der Waals surface area contributed by atoms with E-state index in [-0.39, 0.29) is 0 Å². The molecular weight excluding hydrogens is 406 g/mol. The SMILES string of the molecule is Cc1cc(C)cc(-c2nnc(-c3c(C(C)C)cccc3C(C)C)n2-c2c(C)ncnc2C)c1. The van der Waals surface area contributed by atoms with Gasteiger partial charge in [0.15, 0.2) is 11.6 Å². The fourth-order valence-electron chi connectivity index (χ4n) is 4.67. The standard InChI is InChI=1S/C28H33N5/c1-16(2)23-10-9-11-24(17(3)4)25(23)28-32-31-27(22-13-18(5)12-19(6)14-22)33(28)26-20(7)29-15-30-21(26)8/h9-17H,1-8H3. The van der Waals surface area contributed by atoms with Gasteiger partial charge in [0.05, 0.1) is 17.1 Å². The van der Waals surface area contributed by atoms with Crippen molar-refractivity contribution in [2.75, 3.05) is 0 Å². The number of nitrogens with zero attached hydrogens (tertiary/aromatic N) is 5. The van der Waals surface area contributed by atoms with E-state index in [1.165, 1.54) is 22.3 Å². The predicted octanol–water partition coefficient (Wildman–Crippen LogP) is 6.87. The first-order chi connectivity index (χ1) is 15.7. The van der Waals surface area contributed by atoms with Crippen LogP contribution < -0.4 is 0 Å². The van der Waals surface area contributed by atoms with Gasteiger partial charge in [-0.25, -0.2) is 9.97 Å². The lowest BCUT2D eigenvalue weighted by atomic mass is 9.88. The zero-order chi connectivity index (χ0) is 23.9. The predicted molar refractivity (Wildman–Crippen MR) is 135 cm³/mol. The summed E-state index contributed by atoms with van der Waals surface area (Å²) in [6.45, 7) is 17.2. The van der Waals surface area contributed by atoms with Crippen molar-refractivity contribution < 1.29 is 0 Å². The Morgan fingerprint density at radius 1 is 0.697 bits per heavy atom. The van der Waals surface area contributed by atoms with Gasteiger partial charge in [0, 0.05) is 11.1 Å². The maximum atomic E-state index is 4.82. The fourth-order valence-corrected chi connectivity index (χ4v) is 4.67. The monoisotopic (exact) mass is 439 g/mol. The molecule has 33 heavy (non-hydrogen) atoms. The molecule has 5 nitrogen and oxygen atoms in total. The Morgan fingerprint density at radius 3 is 1.73 bits per heavy atom. The van der Waals surface area contributed by atoms with Crippen molar-refractivity contribution in [1.82, 2.24) is 24.7 Å². The smallest absolute Gasteiger partial charge is 0.169 e. The van der Waals surface area contributed by atoms with Crippen molar-refractivity contribution in [2.45, 2.75) is 67.2 Å². The number of aromatic nitrogens is 5. The number of hydrogen-bond acceptors (Lipinski definition) is 4. The van der Waals surface area contributed by atoms with E-state index in [1.54, 1.807) is 6.33 Å². The average molecular weight is 440 g/mol. The van der Waals surface area contributed by atoms with Crippen LogP contribution in [0, 0.1) is 27.7 Å². The van der Waals surface area contributed by atoms with Crippen molar-refractivity contribution >= 4 is 0 Å².